The highest BCUT2D eigenvalue weighted by Gasteiger charge is 2.37. The molecule has 1 aromatic rings. The van der Waals surface area contributed by atoms with Crippen LogP contribution in [0.5, 0.6) is 0 Å². The number of cyclic esters (lactones) is 1. The van der Waals surface area contributed by atoms with Crippen LogP contribution in [0.15, 0.2) is 23.3 Å². The van der Waals surface area contributed by atoms with Gasteiger partial charge in [-0.25, -0.2) is 10.2 Å². The minimum atomic E-state index is -4.57. The Morgan fingerprint density at radius 3 is 2.61 bits per heavy atom. The number of amides is 1. The average Bonchev–Trinajstić information content (AvgIpc) is 2.93. The number of ether oxygens (including phenoxy) is 1. The second-order valence-electron chi connectivity index (χ2n) is 5.19. The van der Waals surface area contributed by atoms with Crippen LogP contribution in [0.1, 0.15) is 17.5 Å². The van der Waals surface area contributed by atoms with Gasteiger partial charge in [0.15, 0.2) is 5.78 Å². The molecule has 3 rings (SSSR count). The Hall–Kier alpha value is -2.58. The van der Waals surface area contributed by atoms with Crippen LogP contribution in [0, 0.1) is 0 Å². The highest BCUT2D eigenvalue weighted by atomic mass is 19.4. The molecule has 1 amide bonds. The molecular weight excluding hydrogens is 315 g/mol. The molecule has 23 heavy (non-hydrogen) atoms. The number of hydrazone groups is 1. The molecule has 9 heteroatoms. The van der Waals surface area contributed by atoms with E-state index < -0.39 is 17.8 Å². The fourth-order valence-corrected chi connectivity index (χ4v) is 2.51. The van der Waals surface area contributed by atoms with Gasteiger partial charge < -0.3 is 9.64 Å². The lowest BCUT2D eigenvalue weighted by Gasteiger charge is -2.23. The zero-order valence-corrected chi connectivity index (χ0v) is 11.8. The first-order chi connectivity index (χ1) is 10.8. The van der Waals surface area contributed by atoms with E-state index in [1.165, 1.54) is 17.0 Å². The maximum Gasteiger partial charge on any atom is 0.428 e. The first-order valence-corrected chi connectivity index (χ1v) is 6.82. The van der Waals surface area contributed by atoms with Crippen molar-refractivity contribution in [1.82, 2.24) is 5.43 Å². The zero-order chi connectivity index (χ0) is 16.6. The van der Waals surface area contributed by atoms with Crippen LogP contribution in [-0.2, 0) is 15.7 Å². The van der Waals surface area contributed by atoms with Crippen molar-refractivity contribution in [3.63, 3.8) is 0 Å². The summed E-state index contributed by atoms with van der Waals surface area (Å²) in [5, 5.41) is 3.70. The number of hydrogen-bond donors (Lipinski definition) is 1. The summed E-state index contributed by atoms with van der Waals surface area (Å²) in [5.41, 5.74) is 1.57. The number of carbonyl (C=O) groups excluding carboxylic acids is 2. The molecule has 0 unspecified atom stereocenters. The number of alkyl halides is 3. The van der Waals surface area contributed by atoms with Gasteiger partial charge in [0.2, 0.25) is 0 Å². The van der Waals surface area contributed by atoms with E-state index in [0.717, 1.165) is 6.07 Å². The number of anilines is 1. The highest BCUT2D eigenvalue weighted by molar-refractivity contribution is 6.04. The van der Waals surface area contributed by atoms with Gasteiger partial charge in [-0.15, -0.1) is 0 Å². The monoisotopic (exact) mass is 327 g/mol. The topological polar surface area (TPSA) is 71.0 Å². The van der Waals surface area contributed by atoms with Crippen molar-refractivity contribution in [1.29, 1.82) is 0 Å². The van der Waals surface area contributed by atoms with E-state index in [1.54, 1.807) is 0 Å². The lowest BCUT2D eigenvalue weighted by molar-refractivity contribution is -0.137. The molecule has 1 fully saturated rings. The summed E-state index contributed by atoms with van der Waals surface area (Å²) in [6.07, 6.45) is -5.08. The molecule has 2 aliphatic rings. The summed E-state index contributed by atoms with van der Waals surface area (Å²) in [6, 6.07) is 3.74. The Bertz CT molecular complexity index is 700. The van der Waals surface area contributed by atoms with Gasteiger partial charge in [-0.2, -0.15) is 18.3 Å². The molecule has 6 nitrogen and oxygen atoms in total. The van der Waals surface area contributed by atoms with E-state index in [9.17, 15) is 22.8 Å². The molecule has 122 valence electrons. The normalized spacial score (nSPS) is 18.6. The van der Waals surface area contributed by atoms with Crippen molar-refractivity contribution in [2.75, 3.05) is 24.6 Å². The lowest BCUT2D eigenvalue weighted by atomic mass is 10.0. The largest absolute Gasteiger partial charge is 0.442 e. The summed E-state index contributed by atoms with van der Waals surface area (Å²) < 4.78 is 44.8. The van der Waals surface area contributed by atoms with Gasteiger partial charge in [-0.05, 0) is 12.1 Å². The van der Waals surface area contributed by atoms with E-state index in [-0.39, 0.29) is 48.9 Å². The maximum absolute atomic E-state index is 13.4. The number of carbonyl (C=O) groups is 2. The number of ketones is 1. The molecule has 0 saturated carbocycles. The second kappa shape index (κ2) is 5.56. The van der Waals surface area contributed by atoms with E-state index in [2.05, 4.69) is 10.5 Å². The van der Waals surface area contributed by atoms with Crippen molar-refractivity contribution >= 4 is 23.3 Å². The van der Waals surface area contributed by atoms with E-state index >= 15 is 0 Å². The molecule has 0 aromatic heterocycles. The third kappa shape index (κ3) is 3.13. The van der Waals surface area contributed by atoms with Crippen molar-refractivity contribution in [2.24, 2.45) is 5.10 Å². The van der Waals surface area contributed by atoms with Gasteiger partial charge in [-0.1, -0.05) is 6.07 Å². The molecule has 0 atom stereocenters. The standard InChI is InChI=1S/C14H12F3N3O3/c15-14(16,17)10-5-8(11-7-23-13(22)19-18-11)1-2-12(10)20-4-3-9(21)6-20/h1-2,5H,3-4,6-7H2,(H,19,22). The smallest absolute Gasteiger partial charge is 0.428 e. The van der Waals surface area contributed by atoms with E-state index in [1.807, 2.05) is 0 Å². The number of hydrogen-bond acceptors (Lipinski definition) is 5. The zero-order valence-electron chi connectivity index (χ0n) is 11.8. The van der Waals surface area contributed by atoms with Gasteiger partial charge in [0.1, 0.15) is 12.3 Å². The lowest BCUT2D eigenvalue weighted by Crippen LogP contribution is -2.31. The molecule has 1 saturated heterocycles. The number of halogens is 3. The van der Waals surface area contributed by atoms with Gasteiger partial charge in [0.25, 0.3) is 0 Å². The second-order valence-corrected chi connectivity index (χ2v) is 5.19. The summed E-state index contributed by atoms with van der Waals surface area (Å²) in [7, 11) is 0. The van der Waals surface area contributed by atoms with Crippen molar-refractivity contribution in [3.8, 4) is 0 Å². The Morgan fingerprint density at radius 1 is 1.26 bits per heavy atom. The number of benzene rings is 1. The molecule has 1 aromatic carbocycles. The first-order valence-electron chi connectivity index (χ1n) is 6.82. The molecule has 0 radical (unpaired) electrons. The molecule has 2 heterocycles. The fraction of sp³-hybridized carbons (Fsp3) is 0.357. The SMILES string of the molecule is O=C1CCN(c2ccc(C3=NNC(=O)OC3)cc2C(F)(F)F)C1. The number of nitrogens with one attached hydrogen (secondary N) is 1. The average molecular weight is 327 g/mol. The Kier molecular flexibility index (Phi) is 3.70. The molecule has 2 aliphatic heterocycles. The quantitative estimate of drug-likeness (QED) is 0.901. The van der Waals surface area contributed by atoms with Crippen LogP contribution < -0.4 is 10.3 Å². The molecule has 1 N–H and O–H groups in total. The van der Waals surface area contributed by atoms with Crippen molar-refractivity contribution in [2.45, 2.75) is 12.6 Å². The predicted octanol–water partition coefficient (Wildman–Crippen LogP) is 1.93. The maximum atomic E-state index is 13.4. The summed E-state index contributed by atoms with van der Waals surface area (Å²) >= 11 is 0. The molecule has 0 aliphatic carbocycles. The van der Waals surface area contributed by atoms with Crippen LogP contribution in [0.25, 0.3) is 0 Å². The summed E-state index contributed by atoms with van der Waals surface area (Å²) in [4.78, 5) is 23.6. The predicted molar refractivity (Wildman–Crippen MR) is 74.3 cm³/mol. The van der Waals surface area contributed by atoms with Crippen LogP contribution in [0.2, 0.25) is 0 Å². The molecule has 0 bridgehead atoms. The Balaban J connectivity index is 1.99. The molecular formula is C14H12F3N3O3. The van der Waals surface area contributed by atoms with Gasteiger partial charge >= 0.3 is 12.3 Å². The first kappa shape index (κ1) is 15.3. The van der Waals surface area contributed by atoms with E-state index in [0.29, 0.717) is 0 Å². The number of nitrogens with zero attached hydrogens (tertiary/aromatic N) is 2. The van der Waals surface area contributed by atoms with Gasteiger partial charge in [-0.3, -0.25) is 4.79 Å². The highest BCUT2D eigenvalue weighted by Crippen LogP contribution is 2.38. The van der Waals surface area contributed by atoms with Crippen molar-refractivity contribution < 1.29 is 27.5 Å². The minimum absolute atomic E-state index is 0.0253. The fourth-order valence-electron chi connectivity index (χ4n) is 2.51. The number of Topliss-reactive ketones (excluding diaryl/α,β-unsaturated/α-hetero) is 1. The van der Waals surface area contributed by atoms with Crippen molar-refractivity contribution in [3.05, 3.63) is 29.3 Å². The van der Waals surface area contributed by atoms with Crippen LogP contribution in [-0.4, -0.2) is 37.3 Å². The van der Waals surface area contributed by atoms with Crippen LogP contribution in [0.4, 0.5) is 23.7 Å². The van der Waals surface area contributed by atoms with E-state index in [4.69, 9.17) is 4.74 Å². The van der Waals surface area contributed by atoms with Crippen LogP contribution in [0.3, 0.4) is 0 Å². The Morgan fingerprint density at radius 2 is 2.04 bits per heavy atom. The summed E-state index contributed by atoms with van der Waals surface area (Å²) in [5.74, 6) is -0.0880. The number of rotatable bonds is 2. The molecule has 0 spiro atoms. The van der Waals surface area contributed by atoms with Gasteiger partial charge in [0, 0.05) is 24.2 Å². The van der Waals surface area contributed by atoms with Gasteiger partial charge in [0.05, 0.1) is 12.1 Å². The van der Waals surface area contributed by atoms with Crippen LogP contribution >= 0.6 is 0 Å². The Labute approximate surface area is 128 Å². The minimum Gasteiger partial charge on any atom is -0.442 e. The summed E-state index contributed by atoms with van der Waals surface area (Å²) in [6.45, 7) is 0.0363. The third-order valence-electron chi connectivity index (χ3n) is 3.63. The third-order valence-corrected chi connectivity index (χ3v) is 3.63.